The van der Waals surface area contributed by atoms with Gasteiger partial charge in [-0.1, -0.05) is 51.1 Å². The third-order valence-corrected chi connectivity index (χ3v) is 10.3. The van der Waals surface area contributed by atoms with E-state index in [-0.39, 0.29) is 23.4 Å². The molecule has 2 fully saturated rings. The van der Waals surface area contributed by atoms with E-state index in [0.29, 0.717) is 13.2 Å². The second-order valence-corrected chi connectivity index (χ2v) is 14.3. The maximum absolute atomic E-state index is 6.40. The summed E-state index contributed by atoms with van der Waals surface area (Å²) in [4.78, 5) is 0. The van der Waals surface area contributed by atoms with Gasteiger partial charge in [0.2, 0.25) is 0 Å². The van der Waals surface area contributed by atoms with Crippen LogP contribution in [-0.4, -0.2) is 45.3 Å². The van der Waals surface area contributed by atoms with Gasteiger partial charge >= 0.3 is 0 Å². The highest BCUT2D eigenvalue weighted by atomic mass is 28.4. The van der Waals surface area contributed by atoms with Gasteiger partial charge in [-0.05, 0) is 37.5 Å². The highest BCUT2D eigenvalue weighted by molar-refractivity contribution is 6.74. The van der Waals surface area contributed by atoms with Crippen LogP contribution in [0.25, 0.3) is 0 Å². The lowest BCUT2D eigenvalue weighted by atomic mass is 10.1. The van der Waals surface area contributed by atoms with Crippen LogP contribution in [-0.2, 0) is 30.0 Å². The highest BCUT2D eigenvalue weighted by Gasteiger charge is 2.55. The van der Waals surface area contributed by atoms with Crippen molar-refractivity contribution >= 4 is 8.32 Å². The maximum Gasteiger partial charge on any atom is 0.192 e. The number of hydrogen-bond acceptors (Lipinski definition) is 5. The Bertz CT molecular complexity index is 625. The molecule has 1 aromatic carbocycles. The predicted molar refractivity (Wildman–Crippen MR) is 107 cm³/mol. The van der Waals surface area contributed by atoms with E-state index < -0.39 is 20.4 Å². The Morgan fingerprint density at radius 1 is 1.07 bits per heavy atom. The summed E-state index contributed by atoms with van der Waals surface area (Å²) in [7, 11) is -1.87. The average molecular weight is 395 g/mol. The normalized spacial score (nSPS) is 30.5. The lowest BCUT2D eigenvalue weighted by molar-refractivity contribution is -0.222. The molecule has 6 heteroatoms. The van der Waals surface area contributed by atoms with Crippen molar-refractivity contribution in [2.45, 2.75) is 89.7 Å². The highest BCUT2D eigenvalue weighted by Crippen LogP contribution is 2.41. The van der Waals surface area contributed by atoms with Gasteiger partial charge in [-0.2, -0.15) is 0 Å². The van der Waals surface area contributed by atoms with E-state index >= 15 is 0 Å². The lowest BCUT2D eigenvalue weighted by Crippen LogP contribution is -2.45. The Morgan fingerprint density at radius 2 is 1.74 bits per heavy atom. The van der Waals surface area contributed by atoms with Crippen molar-refractivity contribution < 1.29 is 23.4 Å². The van der Waals surface area contributed by atoms with E-state index in [1.165, 1.54) is 0 Å². The van der Waals surface area contributed by atoms with Gasteiger partial charge in [0.05, 0.1) is 13.2 Å². The smallest absolute Gasteiger partial charge is 0.192 e. The first-order chi connectivity index (χ1) is 12.5. The van der Waals surface area contributed by atoms with Crippen LogP contribution in [0.3, 0.4) is 0 Å². The van der Waals surface area contributed by atoms with E-state index in [1.807, 2.05) is 32.0 Å². The molecule has 0 bridgehead atoms. The van der Waals surface area contributed by atoms with E-state index in [9.17, 15) is 0 Å². The van der Waals surface area contributed by atoms with Gasteiger partial charge in [-0.15, -0.1) is 0 Å². The molecular weight excluding hydrogens is 360 g/mol. The SMILES string of the molecule is CC1(C)OC2O[C@H](CO[Si](C)(C)C(C)(C)C)[C@@H](OCc3ccccc3)[C@H]2O1. The van der Waals surface area contributed by atoms with Gasteiger partial charge in [0, 0.05) is 0 Å². The van der Waals surface area contributed by atoms with Gasteiger partial charge < -0.3 is 23.4 Å². The van der Waals surface area contributed by atoms with Crippen molar-refractivity contribution in [2.24, 2.45) is 0 Å². The Hall–Kier alpha value is -0.763. The Balaban J connectivity index is 1.68. The predicted octanol–water partition coefficient (Wildman–Crippen LogP) is 4.47. The van der Waals surface area contributed by atoms with Crippen LogP contribution < -0.4 is 0 Å². The van der Waals surface area contributed by atoms with E-state index in [2.05, 4.69) is 46.0 Å². The summed E-state index contributed by atoms with van der Waals surface area (Å²) in [5.41, 5.74) is 1.13. The molecule has 0 N–H and O–H groups in total. The third kappa shape index (κ3) is 4.81. The topological polar surface area (TPSA) is 46.2 Å². The van der Waals surface area contributed by atoms with Gasteiger partial charge in [-0.3, -0.25) is 0 Å². The van der Waals surface area contributed by atoms with Crippen molar-refractivity contribution in [3.63, 3.8) is 0 Å². The number of ether oxygens (including phenoxy) is 4. The molecule has 2 heterocycles. The molecule has 2 aliphatic heterocycles. The summed E-state index contributed by atoms with van der Waals surface area (Å²) in [6, 6.07) is 10.2. The first-order valence-corrected chi connectivity index (χ1v) is 12.7. The van der Waals surface area contributed by atoms with Crippen LogP contribution in [0.2, 0.25) is 18.1 Å². The number of fused-ring (bicyclic) bond motifs is 1. The molecule has 2 aliphatic rings. The summed E-state index contributed by atoms with van der Waals surface area (Å²) in [5.74, 6) is -0.658. The maximum atomic E-state index is 6.40. The quantitative estimate of drug-likeness (QED) is 0.666. The molecule has 0 aliphatic carbocycles. The first kappa shape index (κ1) is 21.0. The van der Waals surface area contributed by atoms with Gasteiger partial charge in [-0.25, -0.2) is 0 Å². The molecule has 0 spiro atoms. The zero-order chi connectivity index (χ0) is 19.9. The minimum Gasteiger partial charge on any atom is -0.414 e. The third-order valence-electron chi connectivity index (χ3n) is 5.79. The molecule has 4 atom stereocenters. The molecule has 0 saturated carbocycles. The van der Waals surface area contributed by atoms with E-state index in [1.54, 1.807) is 0 Å². The fourth-order valence-electron chi connectivity index (χ4n) is 3.16. The minimum absolute atomic E-state index is 0.150. The molecule has 1 aromatic rings. The van der Waals surface area contributed by atoms with Crippen LogP contribution >= 0.6 is 0 Å². The fourth-order valence-corrected chi connectivity index (χ4v) is 4.17. The molecule has 2 saturated heterocycles. The standard InChI is InChI=1S/C21H34O5Si/c1-20(2,3)27(6,7)23-14-16-17(22-13-15-11-9-8-10-12-15)18-19(24-16)26-21(4,5)25-18/h8-12,16-19H,13-14H2,1-7H3/t16-,17-,18-,19?/m1/s1. The summed E-state index contributed by atoms with van der Waals surface area (Å²) in [6.07, 6.45) is -1.07. The van der Waals surface area contributed by atoms with Crippen molar-refractivity contribution in [1.29, 1.82) is 0 Å². The molecule has 152 valence electrons. The second kappa shape index (κ2) is 7.58. The van der Waals surface area contributed by atoms with Crippen LogP contribution in [0.4, 0.5) is 0 Å². The largest absolute Gasteiger partial charge is 0.414 e. The van der Waals surface area contributed by atoms with Crippen molar-refractivity contribution in [1.82, 2.24) is 0 Å². The van der Waals surface area contributed by atoms with Gasteiger partial charge in [0.1, 0.15) is 18.3 Å². The Morgan fingerprint density at radius 3 is 2.37 bits per heavy atom. The summed E-state index contributed by atoms with van der Waals surface area (Å²) >= 11 is 0. The van der Waals surface area contributed by atoms with Crippen molar-refractivity contribution in [2.75, 3.05) is 6.61 Å². The van der Waals surface area contributed by atoms with Gasteiger partial charge in [0.15, 0.2) is 20.4 Å². The molecule has 0 radical (unpaired) electrons. The summed E-state index contributed by atoms with van der Waals surface area (Å²) < 4.78 is 30.8. The minimum atomic E-state index is -1.87. The molecule has 0 amide bonds. The van der Waals surface area contributed by atoms with Crippen LogP contribution in [0.5, 0.6) is 0 Å². The number of rotatable bonds is 6. The summed E-state index contributed by atoms with van der Waals surface area (Å²) in [5, 5.41) is 0.150. The van der Waals surface area contributed by atoms with Crippen molar-refractivity contribution in [3.05, 3.63) is 35.9 Å². The van der Waals surface area contributed by atoms with E-state index in [4.69, 9.17) is 23.4 Å². The zero-order valence-corrected chi connectivity index (χ0v) is 18.7. The molecule has 1 unspecified atom stereocenters. The average Bonchev–Trinajstić information content (AvgIpc) is 3.02. The molecule has 27 heavy (non-hydrogen) atoms. The van der Waals surface area contributed by atoms with Crippen LogP contribution in [0.15, 0.2) is 30.3 Å². The molecule has 5 nitrogen and oxygen atoms in total. The molecule has 3 rings (SSSR count). The van der Waals surface area contributed by atoms with Crippen LogP contribution in [0.1, 0.15) is 40.2 Å². The van der Waals surface area contributed by atoms with Crippen molar-refractivity contribution in [3.8, 4) is 0 Å². The lowest BCUT2D eigenvalue weighted by Gasteiger charge is -2.37. The Labute approximate surface area is 164 Å². The van der Waals surface area contributed by atoms with E-state index in [0.717, 1.165) is 5.56 Å². The zero-order valence-electron chi connectivity index (χ0n) is 17.7. The van der Waals surface area contributed by atoms with Gasteiger partial charge in [0.25, 0.3) is 0 Å². The summed E-state index contributed by atoms with van der Waals surface area (Å²) in [6.45, 7) is 16.0. The molecular formula is C21H34O5Si. The Kier molecular flexibility index (Phi) is 5.88. The second-order valence-electron chi connectivity index (χ2n) is 9.48. The number of hydrogen-bond donors (Lipinski definition) is 0. The molecule has 0 aromatic heterocycles. The van der Waals surface area contributed by atoms with Crippen LogP contribution in [0, 0.1) is 0 Å². The monoisotopic (exact) mass is 394 g/mol. The fraction of sp³-hybridized carbons (Fsp3) is 0.714. The number of benzene rings is 1. The first-order valence-electron chi connectivity index (χ1n) is 9.79.